The minimum absolute atomic E-state index is 0. The van der Waals surface area contributed by atoms with Crippen molar-refractivity contribution in [1.29, 1.82) is 0 Å². The molecule has 5 heteroatoms. The summed E-state index contributed by atoms with van der Waals surface area (Å²) in [7, 11) is 0. The van der Waals surface area contributed by atoms with Crippen molar-refractivity contribution in [2.24, 2.45) is 0 Å². The van der Waals surface area contributed by atoms with Gasteiger partial charge in [0.05, 0.1) is 0 Å². The van der Waals surface area contributed by atoms with Crippen LogP contribution < -0.4 is 0 Å². The molecule has 0 radical (unpaired) electrons. The van der Waals surface area contributed by atoms with Crippen molar-refractivity contribution in [2.45, 2.75) is 96.8 Å². The SMILES string of the molecule is CCCCCCCC/C=C\CCCCCCCC(=O)O.O.O.[Ti]. The monoisotopic (exact) mass is 366 g/mol. The second kappa shape index (κ2) is 26.7. The van der Waals surface area contributed by atoms with E-state index in [0.29, 0.717) is 6.42 Å². The first kappa shape index (κ1) is 30.7. The molecule has 0 rings (SSSR count). The van der Waals surface area contributed by atoms with Gasteiger partial charge in [-0.1, -0.05) is 70.4 Å². The van der Waals surface area contributed by atoms with Gasteiger partial charge in [-0.25, -0.2) is 0 Å². The molecular weight excluding hydrogens is 328 g/mol. The zero-order valence-electron chi connectivity index (χ0n) is 14.9. The Labute approximate surface area is 157 Å². The average Bonchev–Trinajstić information content (AvgIpc) is 2.43. The fourth-order valence-corrected chi connectivity index (χ4v) is 2.35. The maximum atomic E-state index is 10.3. The van der Waals surface area contributed by atoms with Crippen LogP contribution in [0, 0.1) is 0 Å². The van der Waals surface area contributed by atoms with Gasteiger partial charge in [0.1, 0.15) is 0 Å². The van der Waals surface area contributed by atoms with Gasteiger partial charge in [0.2, 0.25) is 0 Å². The Morgan fingerprint density at radius 3 is 1.57 bits per heavy atom. The number of hydrogen-bond donors (Lipinski definition) is 1. The molecule has 0 aliphatic rings. The van der Waals surface area contributed by atoms with Crippen molar-refractivity contribution >= 4 is 5.97 Å². The van der Waals surface area contributed by atoms with E-state index in [-0.39, 0.29) is 32.7 Å². The van der Waals surface area contributed by atoms with E-state index >= 15 is 0 Å². The molecule has 0 atom stereocenters. The van der Waals surface area contributed by atoms with Gasteiger partial charge in [-0.15, -0.1) is 0 Å². The van der Waals surface area contributed by atoms with Crippen LogP contribution in [-0.4, -0.2) is 22.0 Å². The third kappa shape index (κ3) is 30.3. The van der Waals surface area contributed by atoms with E-state index in [1.165, 1.54) is 70.6 Å². The summed E-state index contributed by atoms with van der Waals surface area (Å²) in [6, 6.07) is 0. The fourth-order valence-electron chi connectivity index (χ4n) is 2.35. The molecule has 0 aromatic heterocycles. The molecule has 0 bridgehead atoms. The van der Waals surface area contributed by atoms with Crippen LogP contribution in [0.25, 0.3) is 0 Å². The van der Waals surface area contributed by atoms with Gasteiger partial charge in [-0.3, -0.25) is 4.79 Å². The van der Waals surface area contributed by atoms with Crippen molar-refractivity contribution in [2.75, 3.05) is 0 Å². The van der Waals surface area contributed by atoms with E-state index in [1.807, 2.05) is 0 Å². The molecule has 0 aliphatic heterocycles. The minimum Gasteiger partial charge on any atom is -0.481 e. The molecule has 0 aromatic rings. The number of rotatable bonds is 15. The molecule has 0 aromatic carbocycles. The van der Waals surface area contributed by atoms with Gasteiger partial charge in [-0.05, 0) is 32.1 Å². The van der Waals surface area contributed by atoms with Crippen LogP contribution in [0.1, 0.15) is 96.8 Å². The van der Waals surface area contributed by atoms with Crippen LogP contribution in [-0.2, 0) is 26.5 Å². The van der Waals surface area contributed by atoms with E-state index in [9.17, 15) is 4.79 Å². The van der Waals surface area contributed by atoms with E-state index < -0.39 is 5.97 Å². The number of hydrogen-bond acceptors (Lipinski definition) is 1. The molecule has 0 heterocycles. The zero-order valence-corrected chi connectivity index (χ0v) is 16.5. The Kier molecular flexibility index (Phi) is 35.7. The topological polar surface area (TPSA) is 100 Å². The molecule has 0 amide bonds. The van der Waals surface area contributed by atoms with Crippen LogP contribution in [0.15, 0.2) is 12.2 Å². The largest absolute Gasteiger partial charge is 0.481 e. The predicted molar refractivity (Wildman–Crippen MR) is 94.3 cm³/mol. The molecule has 0 spiro atoms. The summed E-state index contributed by atoms with van der Waals surface area (Å²) in [5.41, 5.74) is 0. The second-order valence-corrected chi connectivity index (χ2v) is 5.73. The molecule has 0 aliphatic carbocycles. The number of carbonyl (C=O) groups is 1. The van der Waals surface area contributed by atoms with Crippen molar-refractivity contribution < 1.29 is 42.6 Å². The van der Waals surface area contributed by atoms with Crippen LogP contribution in [0.3, 0.4) is 0 Å². The number of carboxylic acids is 1. The summed E-state index contributed by atoms with van der Waals surface area (Å²) in [4.78, 5) is 10.3. The molecular formula is C18H38O4Ti. The summed E-state index contributed by atoms with van der Waals surface area (Å²) in [6.07, 6.45) is 21.2. The normalized spacial score (nSPS) is 9.78. The molecule has 4 nitrogen and oxygen atoms in total. The van der Waals surface area contributed by atoms with Crippen molar-refractivity contribution in [3.05, 3.63) is 12.2 Å². The summed E-state index contributed by atoms with van der Waals surface area (Å²) >= 11 is 0. The molecule has 0 saturated carbocycles. The quantitative estimate of drug-likeness (QED) is 0.263. The Morgan fingerprint density at radius 1 is 0.739 bits per heavy atom. The third-order valence-corrected chi connectivity index (χ3v) is 3.65. The zero-order chi connectivity index (χ0) is 14.9. The molecule has 0 unspecified atom stereocenters. The second-order valence-electron chi connectivity index (χ2n) is 5.73. The molecule has 5 N–H and O–H groups in total. The van der Waals surface area contributed by atoms with Gasteiger partial charge in [0, 0.05) is 28.1 Å². The number of allylic oxidation sites excluding steroid dienone is 2. The third-order valence-electron chi connectivity index (χ3n) is 3.65. The van der Waals surface area contributed by atoms with Crippen LogP contribution in [0.5, 0.6) is 0 Å². The van der Waals surface area contributed by atoms with E-state index in [1.54, 1.807) is 0 Å². The molecule has 138 valence electrons. The smallest absolute Gasteiger partial charge is 0.303 e. The maximum absolute atomic E-state index is 10.3. The Morgan fingerprint density at radius 2 is 1.13 bits per heavy atom. The Bertz CT molecular complexity index is 245. The predicted octanol–water partition coefficient (Wildman–Crippen LogP) is 4.46. The van der Waals surface area contributed by atoms with E-state index in [4.69, 9.17) is 5.11 Å². The maximum Gasteiger partial charge on any atom is 0.303 e. The van der Waals surface area contributed by atoms with E-state index in [2.05, 4.69) is 19.1 Å². The van der Waals surface area contributed by atoms with Gasteiger partial charge < -0.3 is 16.1 Å². The first-order valence-electron chi connectivity index (χ1n) is 8.64. The summed E-state index contributed by atoms with van der Waals surface area (Å²) in [5.74, 6) is -0.664. The van der Waals surface area contributed by atoms with Crippen molar-refractivity contribution in [3.63, 3.8) is 0 Å². The fraction of sp³-hybridized carbons (Fsp3) is 0.833. The summed E-state index contributed by atoms with van der Waals surface area (Å²) in [6.45, 7) is 2.26. The summed E-state index contributed by atoms with van der Waals surface area (Å²) < 4.78 is 0. The van der Waals surface area contributed by atoms with Gasteiger partial charge in [-0.2, -0.15) is 0 Å². The first-order chi connectivity index (χ1) is 9.77. The van der Waals surface area contributed by atoms with Gasteiger partial charge in [0.25, 0.3) is 0 Å². The van der Waals surface area contributed by atoms with E-state index in [0.717, 1.165) is 12.8 Å². The summed E-state index contributed by atoms with van der Waals surface area (Å²) in [5, 5.41) is 8.51. The minimum atomic E-state index is -0.664. The van der Waals surface area contributed by atoms with Gasteiger partial charge in [0.15, 0.2) is 0 Å². The van der Waals surface area contributed by atoms with Crippen molar-refractivity contribution in [1.82, 2.24) is 0 Å². The molecule has 0 saturated heterocycles. The van der Waals surface area contributed by atoms with Crippen LogP contribution in [0.4, 0.5) is 0 Å². The Balaban J connectivity index is -0.000000602. The van der Waals surface area contributed by atoms with Crippen LogP contribution in [0.2, 0.25) is 0 Å². The number of carboxylic acid groups (broad SMARTS) is 1. The van der Waals surface area contributed by atoms with Crippen LogP contribution >= 0.6 is 0 Å². The number of unbranched alkanes of at least 4 members (excludes halogenated alkanes) is 11. The van der Waals surface area contributed by atoms with Gasteiger partial charge >= 0.3 is 5.97 Å². The standard InChI is InChI=1S/C18H34O2.2H2O.Ti/c1-2-3-4-5-6-7-8-9-10-11-12-13-14-15-16-17-18(19)20;;;/h9-10H,2-8,11-17H2,1H3,(H,19,20);2*1H2;/b10-9-;;;. The Hall–Kier alpha value is -0.156. The molecule has 23 heavy (non-hydrogen) atoms. The average molecular weight is 366 g/mol. The number of aliphatic carboxylic acids is 1. The van der Waals surface area contributed by atoms with Crippen molar-refractivity contribution in [3.8, 4) is 0 Å². The molecule has 0 fully saturated rings. The first-order valence-corrected chi connectivity index (χ1v) is 8.64.